The molecular formula is C24H27ClN2O4. The number of rotatable bonds is 6. The minimum Gasteiger partial charge on any atom is -0.491 e. The highest BCUT2D eigenvalue weighted by molar-refractivity contribution is 6.30. The zero-order chi connectivity index (χ0) is 21.6. The van der Waals surface area contributed by atoms with Gasteiger partial charge < -0.3 is 19.3 Å². The van der Waals surface area contributed by atoms with Crippen molar-refractivity contribution < 1.29 is 19.1 Å². The topological polar surface area (TPSA) is 59.1 Å². The maximum absolute atomic E-state index is 12.8. The van der Waals surface area contributed by atoms with Gasteiger partial charge in [0.15, 0.2) is 0 Å². The van der Waals surface area contributed by atoms with Crippen LogP contribution >= 0.6 is 11.6 Å². The number of ether oxygens (including phenoxy) is 2. The maximum Gasteiger partial charge on any atom is 0.254 e. The molecule has 6 nitrogen and oxygen atoms in total. The van der Waals surface area contributed by atoms with Crippen molar-refractivity contribution in [2.24, 2.45) is 0 Å². The van der Waals surface area contributed by atoms with E-state index in [0.717, 1.165) is 24.9 Å². The van der Waals surface area contributed by atoms with Crippen LogP contribution in [0.1, 0.15) is 28.8 Å². The van der Waals surface area contributed by atoms with E-state index in [0.29, 0.717) is 55.7 Å². The Kier molecular flexibility index (Phi) is 7.10. The average Bonchev–Trinajstić information content (AvgIpc) is 3.28. The van der Waals surface area contributed by atoms with Crippen molar-refractivity contribution in [2.45, 2.75) is 25.3 Å². The van der Waals surface area contributed by atoms with Gasteiger partial charge in [-0.2, -0.15) is 0 Å². The summed E-state index contributed by atoms with van der Waals surface area (Å²) in [5.41, 5.74) is 1.61. The smallest absolute Gasteiger partial charge is 0.254 e. The summed E-state index contributed by atoms with van der Waals surface area (Å²) in [6.07, 6.45) is 2.28. The summed E-state index contributed by atoms with van der Waals surface area (Å²) in [5.74, 6) is 0.833. The first-order chi connectivity index (χ1) is 15.1. The lowest BCUT2D eigenvalue weighted by molar-refractivity contribution is -0.131. The van der Waals surface area contributed by atoms with Gasteiger partial charge in [0, 0.05) is 30.2 Å². The largest absolute Gasteiger partial charge is 0.491 e. The van der Waals surface area contributed by atoms with E-state index in [-0.39, 0.29) is 17.9 Å². The summed E-state index contributed by atoms with van der Waals surface area (Å²) in [7, 11) is 0. The Morgan fingerprint density at radius 2 is 1.71 bits per heavy atom. The average molecular weight is 443 g/mol. The number of benzene rings is 2. The van der Waals surface area contributed by atoms with E-state index in [1.807, 2.05) is 46.2 Å². The molecule has 1 unspecified atom stereocenters. The predicted octanol–water partition coefficient (Wildman–Crippen LogP) is 3.42. The summed E-state index contributed by atoms with van der Waals surface area (Å²) >= 11 is 5.93. The highest BCUT2D eigenvalue weighted by atomic mass is 35.5. The van der Waals surface area contributed by atoms with Gasteiger partial charge in [-0.25, -0.2) is 0 Å². The van der Waals surface area contributed by atoms with Gasteiger partial charge in [0.25, 0.3) is 5.91 Å². The van der Waals surface area contributed by atoms with Gasteiger partial charge >= 0.3 is 0 Å². The lowest BCUT2D eigenvalue weighted by atomic mass is 10.1. The van der Waals surface area contributed by atoms with Crippen molar-refractivity contribution in [3.05, 3.63) is 64.7 Å². The Morgan fingerprint density at radius 3 is 2.42 bits per heavy atom. The lowest BCUT2D eigenvalue weighted by Gasteiger charge is -2.27. The molecule has 0 aromatic heterocycles. The number of likely N-dealkylation sites (tertiary alicyclic amines) is 1. The fraction of sp³-hybridized carbons (Fsp3) is 0.417. The summed E-state index contributed by atoms with van der Waals surface area (Å²) in [6.45, 7) is 3.62. The summed E-state index contributed by atoms with van der Waals surface area (Å²) in [6, 6.07) is 14.7. The molecule has 0 aliphatic carbocycles. The number of halogens is 1. The van der Waals surface area contributed by atoms with Crippen molar-refractivity contribution >= 4 is 23.4 Å². The van der Waals surface area contributed by atoms with Crippen LogP contribution in [0.2, 0.25) is 5.02 Å². The molecule has 0 N–H and O–H groups in total. The fourth-order valence-electron chi connectivity index (χ4n) is 4.05. The quantitative estimate of drug-likeness (QED) is 0.687. The van der Waals surface area contributed by atoms with E-state index in [1.54, 1.807) is 12.1 Å². The van der Waals surface area contributed by atoms with Crippen LogP contribution in [0.5, 0.6) is 5.75 Å². The Labute approximate surface area is 187 Å². The van der Waals surface area contributed by atoms with Gasteiger partial charge in [0.1, 0.15) is 12.4 Å². The lowest BCUT2D eigenvalue weighted by Crippen LogP contribution is -2.40. The normalized spacial score (nSPS) is 18.8. The molecule has 2 heterocycles. The third-order valence-corrected chi connectivity index (χ3v) is 6.06. The zero-order valence-corrected chi connectivity index (χ0v) is 18.2. The third-order valence-electron chi connectivity index (χ3n) is 5.81. The molecule has 7 heteroatoms. The molecule has 0 spiro atoms. The Morgan fingerprint density at radius 1 is 1.00 bits per heavy atom. The highest BCUT2D eigenvalue weighted by Crippen LogP contribution is 2.22. The SMILES string of the molecule is O=C(c1ccc(OCC2CCCN2C(=O)Cc2ccc(Cl)cc2)cc1)N1CCOCC1. The second kappa shape index (κ2) is 10.2. The van der Waals surface area contributed by atoms with Crippen LogP contribution in [-0.4, -0.2) is 67.1 Å². The van der Waals surface area contributed by atoms with E-state index in [1.165, 1.54) is 0 Å². The van der Waals surface area contributed by atoms with Crippen molar-refractivity contribution in [1.82, 2.24) is 9.80 Å². The Bertz CT molecular complexity index is 895. The van der Waals surface area contributed by atoms with Crippen LogP contribution in [0, 0.1) is 0 Å². The number of carbonyl (C=O) groups is 2. The van der Waals surface area contributed by atoms with Crippen molar-refractivity contribution in [2.75, 3.05) is 39.5 Å². The van der Waals surface area contributed by atoms with Crippen LogP contribution in [0.25, 0.3) is 0 Å². The van der Waals surface area contributed by atoms with E-state index in [2.05, 4.69) is 0 Å². The molecule has 2 aromatic rings. The van der Waals surface area contributed by atoms with Crippen molar-refractivity contribution in [3.63, 3.8) is 0 Å². The second-order valence-corrected chi connectivity index (χ2v) is 8.36. The first kappa shape index (κ1) is 21.7. The minimum atomic E-state index is 0.0182. The van der Waals surface area contributed by atoms with Gasteiger partial charge in [-0.3, -0.25) is 9.59 Å². The molecule has 4 rings (SSSR count). The molecular weight excluding hydrogens is 416 g/mol. The molecule has 1 atom stereocenters. The number of amides is 2. The van der Waals surface area contributed by atoms with Gasteiger partial charge in [-0.05, 0) is 54.8 Å². The fourth-order valence-corrected chi connectivity index (χ4v) is 4.18. The summed E-state index contributed by atoms with van der Waals surface area (Å²) in [4.78, 5) is 29.0. The first-order valence-corrected chi connectivity index (χ1v) is 11.1. The molecule has 2 saturated heterocycles. The maximum atomic E-state index is 12.8. The van der Waals surface area contributed by atoms with Crippen LogP contribution in [-0.2, 0) is 16.0 Å². The standard InChI is InChI=1S/C24H27ClN2O4/c25-20-7-3-18(4-8-20)16-23(28)27-11-1-2-21(27)17-31-22-9-5-19(6-10-22)24(29)26-12-14-30-15-13-26/h3-10,21H,1-2,11-17H2. The molecule has 2 amide bonds. The van der Waals surface area contributed by atoms with Crippen LogP contribution < -0.4 is 4.74 Å². The van der Waals surface area contributed by atoms with Gasteiger partial charge in [0.2, 0.25) is 5.91 Å². The molecule has 0 bridgehead atoms. The minimum absolute atomic E-state index is 0.0182. The van der Waals surface area contributed by atoms with Gasteiger partial charge in [-0.1, -0.05) is 23.7 Å². The van der Waals surface area contributed by atoms with E-state index >= 15 is 0 Å². The number of morpholine rings is 1. The van der Waals surface area contributed by atoms with Gasteiger partial charge in [0.05, 0.1) is 25.7 Å². The predicted molar refractivity (Wildman–Crippen MR) is 119 cm³/mol. The van der Waals surface area contributed by atoms with Crippen molar-refractivity contribution in [3.8, 4) is 5.75 Å². The molecule has 2 aromatic carbocycles. The number of hydrogen-bond donors (Lipinski definition) is 0. The number of carbonyl (C=O) groups excluding carboxylic acids is 2. The Hall–Kier alpha value is -2.57. The van der Waals surface area contributed by atoms with Crippen LogP contribution in [0.3, 0.4) is 0 Å². The molecule has 164 valence electrons. The van der Waals surface area contributed by atoms with Crippen LogP contribution in [0.15, 0.2) is 48.5 Å². The summed E-state index contributed by atoms with van der Waals surface area (Å²) < 4.78 is 11.3. The first-order valence-electron chi connectivity index (χ1n) is 10.7. The molecule has 2 fully saturated rings. The third kappa shape index (κ3) is 5.57. The number of hydrogen-bond acceptors (Lipinski definition) is 4. The molecule has 31 heavy (non-hydrogen) atoms. The van der Waals surface area contributed by atoms with E-state index in [4.69, 9.17) is 21.1 Å². The molecule has 0 saturated carbocycles. The molecule has 0 radical (unpaired) electrons. The van der Waals surface area contributed by atoms with Crippen molar-refractivity contribution in [1.29, 1.82) is 0 Å². The number of nitrogens with zero attached hydrogens (tertiary/aromatic N) is 2. The molecule has 2 aliphatic rings. The Balaban J connectivity index is 1.30. The zero-order valence-electron chi connectivity index (χ0n) is 17.5. The molecule has 2 aliphatic heterocycles. The monoisotopic (exact) mass is 442 g/mol. The van der Waals surface area contributed by atoms with E-state index in [9.17, 15) is 9.59 Å². The highest BCUT2D eigenvalue weighted by Gasteiger charge is 2.29. The van der Waals surface area contributed by atoms with Gasteiger partial charge in [-0.15, -0.1) is 0 Å². The second-order valence-electron chi connectivity index (χ2n) is 7.93. The summed E-state index contributed by atoms with van der Waals surface area (Å²) in [5, 5.41) is 0.668. The van der Waals surface area contributed by atoms with E-state index < -0.39 is 0 Å². The van der Waals surface area contributed by atoms with Crippen LogP contribution in [0.4, 0.5) is 0 Å².